The van der Waals surface area contributed by atoms with Gasteiger partial charge in [0, 0.05) is 18.2 Å². The number of rotatable bonds is 9. The van der Waals surface area contributed by atoms with Crippen molar-refractivity contribution in [3.05, 3.63) is 22.8 Å². The van der Waals surface area contributed by atoms with E-state index in [1.165, 1.54) is 26.4 Å². The molecule has 1 N–H and O–H groups in total. The first-order chi connectivity index (χ1) is 13.3. The molecule has 2 rings (SSSR count). The topological polar surface area (TPSA) is 65.5 Å². The van der Waals surface area contributed by atoms with E-state index in [-0.39, 0.29) is 11.6 Å². The number of alkyl halides is 3. The van der Waals surface area contributed by atoms with Gasteiger partial charge in [0.1, 0.15) is 21.8 Å². The van der Waals surface area contributed by atoms with E-state index in [4.69, 9.17) is 9.47 Å². The second kappa shape index (κ2) is 9.81. The van der Waals surface area contributed by atoms with Crippen LogP contribution in [-0.4, -0.2) is 37.1 Å². The number of aromatic nitrogens is 2. The number of methoxy groups -OCH3 is 2. The molecule has 0 saturated heterocycles. The summed E-state index contributed by atoms with van der Waals surface area (Å²) in [6, 6.07) is 3.72. The summed E-state index contributed by atoms with van der Waals surface area (Å²) in [5.41, 5.74) is 0.739. The van der Waals surface area contributed by atoms with Crippen LogP contribution in [0, 0.1) is 0 Å². The Morgan fingerprint density at radius 3 is 2.46 bits per heavy atom. The maximum atomic E-state index is 12.4. The van der Waals surface area contributed by atoms with Gasteiger partial charge < -0.3 is 19.5 Å². The van der Waals surface area contributed by atoms with Gasteiger partial charge in [-0.15, -0.1) is 13.2 Å². The number of hydrogen-bond donors (Lipinski definition) is 1. The van der Waals surface area contributed by atoms with Gasteiger partial charge in [0.25, 0.3) is 0 Å². The number of benzene rings is 1. The first-order valence-electron chi connectivity index (χ1n) is 8.58. The Balaban J connectivity index is 2.36. The Morgan fingerprint density at radius 2 is 1.86 bits per heavy atom. The minimum absolute atomic E-state index is 0.143. The molecule has 1 heterocycles. The third-order valence-corrected chi connectivity index (χ3v) is 4.30. The first-order valence-corrected chi connectivity index (χ1v) is 9.38. The smallest absolute Gasteiger partial charge is 0.496 e. The lowest BCUT2D eigenvalue weighted by atomic mass is 10.1. The van der Waals surface area contributed by atoms with Crippen LogP contribution in [0.4, 0.5) is 19.0 Å². The van der Waals surface area contributed by atoms with Crippen molar-refractivity contribution in [1.29, 1.82) is 0 Å². The summed E-state index contributed by atoms with van der Waals surface area (Å²) in [6.45, 7) is 2.85. The first kappa shape index (κ1) is 22.1. The highest BCUT2D eigenvalue weighted by Gasteiger charge is 2.31. The molecule has 28 heavy (non-hydrogen) atoms. The molecule has 6 nitrogen and oxygen atoms in total. The molecular weight excluding hydrogens is 443 g/mol. The highest BCUT2D eigenvalue weighted by atomic mass is 79.9. The van der Waals surface area contributed by atoms with Crippen molar-refractivity contribution in [3.63, 3.8) is 0 Å². The lowest BCUT2D eigenvalue weighted by molar-refractivity contribution is -0.274. The Hall–Kier alpha value is -2.23. The molecule has 0 aliphatic heterocycles. The molecule has 154 valence electrons. The zero-order valence-corrected chi connectivity index (χ0v) is 17.3. The monoisotopic (exact) mass is 463 g/mol. The average molecular weight is 464 g/mol. The summed E-state index contributed by atoms with van der Waals surface area (Å²) in [6.07, 6.45) is -1.61. The predicted molar refractivity (Wildman–Crippen MR) is 103 cm³/mol. The molecule has 0 aliphatic carbocycles. The van der Waals surface area contributed by atoms with Crippen LogP contribution in [0.25, 0.3) is 11.3 Å². The van der Waals surface area contributed by atoms with Crippen LogP contribution in [0.1, 0.15) is 26.2 Å². The summed E-state index contributed by atoms with van der Waals surface area (Å²) in [5.74, 6) is 0.481. The van der Waals surface area contributed by atoms with Crippen LogP contribution in [0.5, 0.6) is 17.4 Å². The molecule has 0 atom stereocenters. The van der Waals surface area contributed by atoms with Gasteiger partial charge in [-0.3, -0.25) is 0 Å². The minimum atomic E-state index is -4.79. The van der Waals surface area contributed by atoms with Crippen molar-refractivity contribution >= 4 is 21.7 Å². The van der Waals surface area contributed by atoms with Gasteiger partial charge >= 0.3 is 6.36 Å². The molecule has 0 bridgehead atoms. The fourth-order valence-electron chi connectivity index (χ4n) is 2.48. The molecule has 0 spiro atoms. The van der Waals surface area contributed by atoms with Crippen LogP contribution in [0.15, 0.2) is 22.8 Å². The van der Waals surface area contributed by atoms with Crippen molar-refractivity contribution in [2.75, 3.05) is 26.1 Å². The van der Waals surface area contributed by atoms with Crippen molar-refractivity contribution < 1.29 is 27.4 Å². The lowest BCUT2D eigenvalue weighted by Crippen LogP contribution is -2.17. The largest absolute Gasteiger partial charge is 0.573 e. The molecule has 0 fully saturated rings. The number of halogens is 4. The van der Waals surface area contributed by atoms with E-state index in [0.29, 0.717) is 21.7 Å². The fraction of sp³-hybridized carbons (Fsp3) is 0.444. The van der Waals surface area contributed by atoms with Gasteiger partial charge in [-0.25, -0.2) is 4.98 Å². The van der Waals surface area contributed by atoms with Crippen LogP contribution in [0.2, 0.25) is 0 Å². The van der Waals surface area contributed by atoms with Crippen LogP contribution in [0.3, 0.4) is 0 Å². The third-order valence-electron chi connectivity index (χ3n) is 3.75. The Bertz CT molecular complexity index is 804. The van der Waals surface area contributed by atoms with Gasteiger partial charge in [0.15, 0.2) is 5.82 Å². The van der Waals surface area contributed by atoms with Crippen LogP contribution in [-0.2, 0) is 0 Å². The van der Waals surface area contributed by atoms with Crippen LogP contribution < -0.4 is 19.5 Å². The zero-order valence-electron chi connectivity index (χ0n) is 15.7. The number of unbranched alkanes of at least 4 members (excludes halogenated alkanes) is 2. The van der Waals surface area contributed by atoms with Gasteiger partial charge in [0.05, 0.1) is 14.2 Å². The summed E-state index contributed by atoms with van der Waals surface area (Å²) in [7, 11) is 2.78. The van der Waals surface area contributed by atoms with E-state index in [9.17, 15) is 13.2 Å². The molecule has 0 amide bonds. The normalized spacial score (nSPS) is 11.2. The quantitative estimate of drug-likeness (QED) is 0.500. The summed E-state index contributed by atoms with van der Waals surface area (Å²) in [4.78, 5) is 8.86. The molecule has 0 saturated carbocycles. The van der Waals surface area contributed by atoms with Gasteiger partial charge in [-0.2, -0.15) is 4.98 Å². The van der Waals surface area contributed by atoms with E-state index in [0.717, 1.165) is 31.9 Å². The second-order valence-corrected chi connectivity index (χ2v) is 6.52. The maximum absolute atomic E-state index is 12.4. The van der Waals surface area contributed by atoms with Crippen molar-refractivity contribution in [3.8, 4) is 28.6 Å². The number of nitrogens with one attached hydrogen (secondary N) is 1. The van der Waals surface area contributed by atoms with Gasteiger partial charge in [-0.05, 0) is 34.5 Å². The molecule has 10 heteroatoms. The van der Waals surface area contributed by atoms with E-state index in [2.05, 4.69) is 42.9 Å². The molecule has 0 aliphatic rings. The second-order valence-electron chi connectivity index (χ2n) is 5.76. The van der Waals surface area contributed by atoms with Crippen LogP contribution >= 0.6 is 15.9 Å². The highest BCUT2D eigenvalue weighted by Crippen LogP contribution is 2.39. The van der Waals surface area contributed by atoms with E-state index in [1.807, 2.05) is 0 Å². The summed E-state index contributed by atoms with van der Waals surface area (Å²) < 4.78 is 52.3. The Labute approximate surface area is 169 Å². The van der Waals surface area contributed by atoms with E-state index >= 15 is 0 Å². The molecule has 1 aromatic heterocycles. The standard InChI is InChI=1S/C18H21BrF3N3O3/c1-4-5-6-9-23-16-15(19)24-14(17(25-16)27-3)12-8-7-11(10-13(12)26-2)28-18(20,21)22/h7-8,10H,4-6,9H2,1-3H3,(H,23,25). The highest BCUT2D eigenvalue weighted by molar-refractivity contribution is 9.10. The van der Waals surface area contributed by atoms with E-state index < -0.39 is 12.1 Å². The zero-order chi connectivity index (χ0) is 20.7. The molecule has 1 aromatic carbocycles. The van der Waals surface area contributed by atoms with Gasteiger partial charge in [-0.1, -0.05) is 19.8 Å². The minimum Gasteiger partial charge on any atom is -0.496 e. The molecular formula is C18H21BrF3N3O3. The number of ether oxygens (including phenoxy) is 3. The number of hydrogen-bond acceptors (Lipinski definition) is 6. The molecule has 0 radical (unpaired) electrons. The van der Waals surface area contributed by atoms with Crippen molar-refractivity contribution in [2.45, 2.75) is 32.5 Å². The van der Waals surface area contributed by atoms with Crippen molar-refractivity contribution in [1.82, 2.24) is 9.97 Å². The third kappa shape index (κ3) is 5.88. The lowest BCUT2D eigenvalue weighted by Gasteiger charge is -2.15. The average Bonchev–Trinajstić information content (AvgIpc) is 2.64. The Morgan fingerprint density at radius 1 is 1.11 bits per heavy atom. The Kier molecular flexibility index (Phi) is 7.73. The maximum Gasteiger partial charge on any atom is 0.573 e. The van der Waals surface area contributed by atoms with Crippen molar-refractivity contribution in [2.24, 2.45) is 0 Å². The van der Waals surface area contributed by atoms with Gasteiger partial charge in [0.2, 0.25) is 5.88 Å². The number of nitrogens with zero attached hydrogens (tertiary/aromatic N) is 2. The van der Waals surface area contributed by atoms with E-state index in [1.54, 1.807) is 0 Å². The SMILES string of the molecule is CCCCCNc1nc(OC)c(-c2ccc(OC(F)(F)F)cc2OC)nc1Br. The number of anilines is 1. The molecule has 0 unspecified atom stereocenters. The fourth-order valence-corrected chi connectivity index (χ4v) is 2.88. The summed E-state index contributed by atoms with van der Waals surface area (Å²) >= 11 is 3.37. The molecule has 2 aromatic rings. The predicted octanol–water partition coefficient (Wildman–Crippen LogP) is 5.42. The summed E-state index contributed by atoms with van der Waals surface area (Å²) in [5, 5.41) is 3.19.